The Morgan fingerprint density at radius 3 is 2.33 bits per heavy atom. The van der Waals surface area contributed by atoms with Crippen LogP contribution in [0.4, 0.5) is 0 Å². The lowest BCUT2D eigenvalue weighted by Crippen LogP contribution is -2.42. The standard InChI is InChI=1S/C17H30N2O5/c1-12(2)24-9-8-23-11-16(21)19-15-6-4-14(5-7-15)17(22)18-10-13(3)20/h12,14-15H,4-11H2,1-3H3,(H,18,22)(H,19,21). The highest BCUT2D eigenvalue weighted by atomic mass is 16.5. The number of rotatable bonds is 10. The molecule has 7 nitrogen and oxygen atoms in total. The van der Waals surface area contributed by atoms with Crippen LogP contribution < -0.4 is 10.6 Å². The summed E-state index contributed by atoms with van der Waals surface area (Å²) in [5, 5.41) is 5.59. The molecule has 7 heteroatoms. The van der Waals surface area contributed by atoms with Gasteiger partial charge in [-0.05, 0) is 46.5 Å². The Bertz CT molecular complexity index is 417. The van der Waals surface area contributed by atoms with E-state index in [1.165, 1.54) is 6.92 Å². The van der Waals surface area contributed by atoms with Crippen LogP contribution in [0.25, 0.3) is 0 Å². The second kappa shape index (κ2) is 11.1. The fourth-order valence-corrected chi connectivity index (χ4v) is 2.63. The summed E-state index contributed by atoms with van der Waals surface area (Å²) < 4.78 is 10.6. The van der Waals surface area contributed by atoms with Gasteiger partial charge in [-0.1, -0.05) is 0 Å². The van der Waals surface area contributed by atoms with E-state index in [2.05, 4.69) is 10.6 Å². The summed E-state index contributed by atoms with van der Waals surface area (Å²) in [6, 6.07) is 0.0878. The van der Waals surface area contributed by atoms with Crippen molar-refractivity contribution in [1.29, 1.82) is 0 Å². The summed E-state index contributed by atoms with van der Waals surface area (Å²) in [7, 11) is 0. The molecule has 0 aromatic heterocycles. The Kier molecular flexibility index (Phi) is 9.56. The van der Waals surface area contributed by atoms with Gasteiger partial charge in [0.1, 0.15) is 12.4 Å². The maximum absolute atomic E-state index is 11.9. The van der Waals surface area contributed by atoms with Crippen LogP contribution in [-0.2, 0) is 23.9 Å². The fraction of sp³-hybridized carbons (Fsp3) is 0.824. The van der Waals surface area contributed by atoms with E-state index in [0.717, 1.165) is 25.7 Å². The van der Waals surface area contributed by atoms with E-state index >= 15 is 0 Å². The third-order valence-electron chi connectivity index (χ3n) is 3.89. The Morgan fingerprint density at radius 2 is 1.75 bits per heavy atom. The fourth-order valence-electron chi connectivity index (χ4n) is 2.63. The average Bonchev–Trinajstić information content (AvgIpc) is 2.52. The van der Waals surface area contributed by atoms with Crippen molar-refractivity contribution in [3.05, 3.63) is 0 Å². The van der Waals surface area contributed by atoms with Gasteiger partial charge in [0.25, 0.3) is 0 Å². The maximum Gasteiger partial charge on any atom is 0.246 e. The predicted octanol–water partition coefficient (Wildman–Crippen LogP) is 0.808. The first kappa shape index (κ1) is 20.6. The zero-order valence-electron chi connectivity index (χ0n) is 14.9. The molecule has 0 aromatic carbocycles. The van der Waals surface area contributed by atoms with Crippen LogP contribution in [0.2, 0.25) is 0 Å². The highest BCUT2D eigenvalue weighted by Crippen LogP contribution is 2.24. The van der Waals surface area contributed by atoms with Crippen LogP contribution in [0, 0.1) is 5.92 Å². The van der Waals surface area contributed by atoms with E-state index in [0.29, 0.717) is 13.2 Å². The quantitative estimate of drug-likeness (QED) is 0.573. The summed E-state index contributed by atoms with van der Waals surface area (Å²) in [5.41, 5.74) is 0. The third kappa shape index (κ3) is 8.98. The molecule has 2 N–H and O–H groups in total. The Labute approximate surface area is 143 Å². The van der Waals surface area contributed by atoms with Gasteiger partial charge >= 0.3 is 0 Å². The summed E-state index contributed by atoms with van der Waals surface area (Å²) in [6.07, 6.45) is 3.13. The van der Waals surface area contributed by atoms with E-state index in [-0.39, 0.29) is 48.8 Å². The normalized spacial score (nSPS) is 20.7. The highest BCUT2D eigenvalue weighted by molar-refractivity contribution is 5.85. The number of hydrogen-bond acceptors (Lipinski definition) is 5. The van der Waals surface area contributed by atoms with E-state index in [1.807, 2.05) is 13.8 Å². The van der Waals surface area contributed by atoms with E-state index in [1.54, 1.807) is 0 Å². The van der Waals surface area contributed by atoms with Crippen LogP contribution in [0.15, 0.2) is 0 Å². The number of carbonyl (C=O) groups excluding carboxylic acids is 3. The molecule has 1 saturated carbocycles. The molecule has 2 amide bonds. The van der Waals surface area contributed by atoms with Gasteiger partial charge in [-0.3, -0.25) is 14.4 Å². The van der Waals surface area contributed by atoms with Crippen LogP contribution in [0.5, 0.6) is 0 Å². The monoisotopic (exact) mass is 342 g/mol. The molecule has 0 radical (unpaired) electrons. The van der Waals surface area contributed by atoms with Gasteiger partial charge in [0.05, 0.1) is 25.9 Å². The number of nitrogens with one attached hydrogen (secondary N) is 2. The number of ketones is 1. The van der Waals surface area contributed by atoms with E-state index in [9.17, 15) is 14.4 Å². The van der Waals surface area contributed by atoms with Crippen molar-refractivity contribution in [2.75, 3.05) is 26.4 Å². The first-order chi connectivity index (χ1) is 11.4. The largest absolute Gasteiger partial charge is 0.376 e. The third-order valence-corrected chi connectivity index (χ3v) is 3.89. The minimum atomic E-state index is -0.135. The molecule has 0 unspecified atom stereocenters. The van der Waals surface area contributed by atoms with Crippen LogP contribution >= 0.6 is 0 Å². The average molecular weight is 342 g/mol. The van der Waals surface area contributed by atoms with Gasteiger partial charge in [-0.2, -0.15) is 0 Å². The maximum atomic E-state index is 11.9. The topological polar surface area (TPSA) is 93.7 Å². The molecule has 0 heterocycles. The molecule has 0 atom stereocenters. The number of amides is 2. The van der Waals surface area contributed by atoms with Crippen molar-refractivity contribution in [3.8, 4) is 0 Å². The smallest absolute Gasteiger partial charge is 0.246 e. The summed E-state index contributed by atoms with van der Waals surface area (Å²) in [5.74, 6) is -0.322. The minimum absolute atomic E-state index is 0.0283. The molecule has 24 heavy (non-hydrogen) atoms. The summed E-state index contributed by atoms with van der Waals surface area (Å²) >= 11 is 0. The number of Topliss-reactive ketones (excluding diaryl/α,β-unsaturated/α-hetero) is 1. The molecule has 1 fully saturated rings. The van der Waals surface area contributed by atoms with Crippen LogP contribution in [-0.4, -0.2) is 56.1 Å². The summed E-state index contributed by atoms with van der Waals surface area (Å²) in [4.78, 5) is 34.6. The molecule has 0 spiro atoms. The second-order valence-corrected chi connectivity index (χ2v) is 6.51. The van der Waals surface area contributed by atoms with Crippen molar-refractivity contribution in [3.63, 3.8) is 0 Å². The lowest BCUT2D eigenvalue weighted by Gasteiger charge is -2.28. The Morgan fingerprint density at radius 1 is 1.08 bits per heavy atom. The van der Waals surface area contributed by atoms with Gasteiger partial charge in [0.15, 0.2) is 0 Å². The van der Waals surface area contributed by atoms with Gasteiger partial charge in [-0.25, -0.2) is 0 Å². The molecule has 0 aliphatic heterocycles. The Balaban J connectivity index is 2.13. The lowest BCUT2D eigenvalue weighted by molar-refractivity contribution is -0.129. The lowest BCUT2D eigenvalue weighted by atomic mass is 9.85. The molecule has 0 saturated heterocycles. The zero-order valence-corrected chi connectivity index (χ0v) is 14.9. The van der Waals surface area contributed by atoms with Crippen molar-refractivity contribution in [2.24, 2.45) is 5.92 Å². The zero-order chi connectivity index (χ0) is 17.9. The van der Waals surface area contributed by atoms with E-state index < -0.39 is 0 Å². The van der Waals surface area contributed by atoms with Gasteiger partial charge in [-0.15, -0.1) is 0 Å². The van der Waals surface area contributed by atoms with Gasteiger partial charge < -0.3 is 20.1 Å². The summed E-state index contributed by atoms with van der Waals surface area (Å²) in [6.45, 7) is 6.34. The van der Waals surface area contributed by atoms with Crippen molar-refractivity contribution in [1.82, 2.24) is 10.6 Å². The number of carbonyl (C=O) groups is 3. The second-order valence-electron chi connectivity index (χ2n) is 6.51. The molecule has 1 aliphatic carbocycles. The number of hydrogen-bond donors (Lipinski definition) is 2. The van der Waals surface area contributed by atoms with Crippen molar-refractivity contribution >= 4 is 17.6 Å². The molecule has 1 rings (SSSR count). The van der Waals surface area contributed by atoms with Crippen molar-refractivity contribution < 1.29 is 23.9 Å². The molecule has 138 valence electrons. The molecule has 0 bridgehead atoms. The molecular weight excluding hydrogens is 312 g/mol. The SMILES string of the molecule is CC(=O)CNC(=O)C1CCC(NC(=O)COCCOC(C)C)CC1. The molecule has 1 aliphatic rings. The first-order valence-electron chi connectivity index (χ1n) is 8.64. The van der Waals surface area contributed by atoms with Crippen molar-refractivity contribution in [2.45, 2.75) is 58.6 Å². The van der Waals surface area contributed by atoms with E-state index in [4.69, 9.17) is 9.47 Å². The number of ether oxygens (including phenoxy) is 2. The minimum Gasteiger partial charge on any atom is -0.376 e. The van der Waals surface area contributed by atoms with Crippen LogP contribution in [0.1, 0.15) is 46.5 Å². The highest BCUT2D eigenvalue weighted by Gasteiger charge is 2.27. The first-order valence-corrected chi connectivity index (χ1v) is 8.64. The Hall–Kier alpha value is -1.47. The van der Waals surface area contributed by atoms with Crippen LogP contribution in [0.3, 0.4) is 0 Å². The van der Waals surface area contributed by atoms with Gasteiger partial charge in [0, 0.05) is 12.0 Å². The molecule has 0 aromatic rings. The predicted molar refractivity (Wildman–Crippen MR) is 89.5 cm³/mol. The molecular formula is C17H30N2O5. The van der Waals surface area contributed by atoms with Gasteiger partial charge in [0.2, 0.25) is 11.8 Å².